The summed E-state index contributed by atoms with van der Waals surface area (Å²) in [4.78, 5) is 8.35. The van der Waals surface area contributed by atoms with Gasteiger partial charge in [0.15, 0.2) is 0 Å². The van der Waals surface area contributed by atoms with Gasteiger partial charge in [-0.15, -0.1) is 0 Å². The van der Waals surface area contributed by atoms with Crippen molar-refractivity contribution in [3.05, 3.63) is 24.3 Å². The third-order valence-electron chi connectivity index (χ3n) is 2.18. The summed E-state index contributed by atoms with van der Waals surface area (Å²) in [6.45, 7) is 4.49. The van der Waals surface area contributed by atoms with E-state index in [9.17, 15) is 0 Å². The first-order chi connectivity index (χ1) is 5.83. The predicted octanol–water partition coefficient (Wildman–Crippen LogP) is 2.46. The Morgan fingerprint density at radius 3 is 2.58 bits per heavy atom. The van der Waals surface area contributed by atoms with E-state index >= 15 is 0 Å². The molecule has 0 aliphatic carbocycles. The summed E-state index contributed by atoms with van der Waals surface area (Å²) < 4.78 is 0. The van der Waals surface area contributed by atoms with Crippen LogP contribution in [0, 0.1) is 5.92 Å². The van der Waals surface area contributed by atoms with Gasteiger partial charge in [-0.25, -0.2) is 9.97 Å². The van der Waals surface area contributed by atoms with E-state index in [0.29, 0.717) is 0 Å². The van der Waals surface area contributed by atoms with Crippen molar-refractivity contribution in [3.63, 3.8) is 0 Å². The maximum atomic E-state index is 4.17. The fraction of sp³-hybridized carbons (Fsp3) is 0.600. The topological polar surface area (TPSA) is 25.8 Å². The Balaban J connectivity index is 2.33. The van der Waals surface area contributed by atoms with Gasteiger partial charge in [-0.3, -0.25) is 0 Å². The van der Waals surface area contributed by atoms with Crippen LogP contribution >= 0.6 is 0 Å². The van der Waals surface area contributed by atoms with Crippen LogP contribution in [0.15, 0.2) is 18.5 Å². The SMILES string of the molecule is CCC(C)CCc1ncccn1. The third-order valence-corrected chi connectivity index (χ3v) is 2.18. The molecule has 12 heavy (non-hydrogen) atoms. The maximum Gasteiger partial charge on any atom is 0.128 e. The Kier molecular flexibility index (Phi) is 3.71. The molecule has 0 aliphatic rings. The van der Waals surface area contributed by atoms with Gasteiger partial charge in [0.25, 0.3) is 0 Å². The van der Waals surface area contributed by atoms with Crippen molar-refractivity contribution in [1.82, 2.24) is 9.97 Å². The normalized spacial score (nSPS) is 12.8. The molecule has 0 fully saturated rings. The van der Waals surface area contributed by atoms with E-state index in [2.05, 4.69) is 23.8 Å². The smallest absolute Gasteiger partial charge is 0.128 e. The van der Waals surface area contributed by atoms with Crippen LogP contribution in [0.4, 0.5) is 0 Å². The molecule has 1 heterocycles. The summed E-state index contributed by atoms with van der Waals surface area (Å²) in [5.74, 6) is 1.76. The van der Waals surface area contributed by atoms with Gasteiger partial charge < -0.3 is 0 Å². The van der Waals surface area contributed by atoms with Gasteiger partial charge in [0, 0.05) is 18.8 Å². The van der Waals surface area contributed by atoms with Crippen LogP contribution in [0.2, 0.25) is 0 Å². The zero-order valence-electron chi connectivity index (χ0n) is 7.83. The molecule has 0 aromatic carbocycles. The Bertz CT molecular complexity index is 208. The summed E-state index contributed by atoms with van der Waals surface area (Å²) in [6.07, 6.45) is 7.06. The first-order valence-electron chi connectivity index (χ1n) is 4.58. The molecule has 0 saturated carbocycles. The highest BCUT2D eigenvalue weighted by Crippen LogP contribution is 2.08. The maximum absolute atomic E-state index is 4.17. The molecule has 1 unspecified atom stereocenters. The van der Waals surface area contributed by atoms with E-state index < -0.39 is 0 Å². The number of rotatable bonds is 4. The minimum absolute atomic E-state index is 0.786. The second-order valence-corrected chi connectivity index (χ2v) is 3.22. The van der Waals surface area contributed by atoms with Crippen molar-refractivity contribution in [2.45, 2.75) is 33.1 Å². The monoisotopic (exact) mass is 164 g/mol. The summed E-state index contributed by atoms with van der Waals surface area (Å²) >= 11 is 0. The van der Waals surface area contributed by atoms with E-state index in [0.717, 1.165) is 18.2 Å². The lowest BCUT2D eigenvalue weighted by molar-refractivity contribution is 0.509. The molecule has 0 amide bonds. The minimum Gasteiger partial charge on any atom is -0.241 e. The fourth-order valence-electron chi connectivity index (χ4n) is 1.04. The molecule has 0 bridgehead atoms. The van der Waals surface area contributed by atoms with E-state index in [1.165, 1.54) is 12.8 Å². The van der Waals surface area contributed by atoms with Gasteiger partial charge in [0.1, 0.15) is 5.82 Å². The minimum atomic E-state index is 0.786. The molecule has 2 nitrogen and oxygen atoms in total. The lowest BCUT2D eigenvalue weighted by Crippen LogP contribution is -1.98. The number of aryl methyl sites for hydroxylation is 1. The molecule has 0 N–H and O–H groups in total. The number of hydrogen-bond donors (Lipinski definition) is 0. The van der Waals surface area contributed by atoms with Crippen molar-refractivity contribution < 1.29 is 0 Å². The number of hydrogen-bond acceptors (Lipinski definition) is 2. The zero-order chi connectivity index (χ0) is 8.81. The summed E-state index contributed by atoms with van der Waals surface area (Å²) in [6, 6.07) is 1.85. The molecule has 0 saturated heterocycles. The number of nitrogens with zero attached hydrogens (tertiary/aromatic N) is 2. The lowest BCUT2D eigenvalue weighted by Gasteiger charge is -2.05. The quantitative estimate of drug-likeness (QED) is 0.683. The predicted molar refractivity (Wildman–Crippen MR) is 49.8 cm³/mol. The molecule has 1 aromatic rings. The van der Waals surface area contributed by atoms with Crippen LogP contribution in [-0.2, 0) is 6.42 Å². The molecular weight excluding hydrogens is 148 g/mol. The van der Waals surface area contributed by atoms with E-state index in [1.807, 2.05) is 6.07 Å². The van der Waals surface area contributed by atoms with Gasteiger partial charge >= 0.3 is 0 Å². The number of aromatic nitrogens is 2. The van der Waals surface area contributed by atoms with E-state index in [4.69, 9.17) is 0 Å². The molecule has 1 aromatic heterocycles. The van der Waals surface area contributed by atoms with Crippen LogP contribution in [0.5, 0.6) is 0 Å². The van der Waals surface area contributed by atoms with Gasteiger partial charge in [-0.1, -0.05) is 20.3 Å². The first kappa shape index (κ1) is 9.17. The van der Waals surface area contributed by atoms with Crippen LogP contribution in [-0.4, -0.2) is 9.97 Å². The van der Waals surface area contributed by atoms with Crippen LogP contribution < -0.4 is 0 Å². The van der Waals surface area contributed by atoms with Crippen LogP contribution in [0.3, 0.4) is 0 Å². The molecule has 1 rings (SSSR count). The average Bonchev–Trinajstić information content (AvgIpc) is 2.16. The lowest BCUT2D eigenvalue weighted by atomic mass is 10.0. The van der Waals surface area contributed by atoms with E-state index in [1.54, 1.807) is 12.4 Å². The Hall–Kier alpha value is -0.920. The van der Waals surface area contributed by atoms with Gasteiger partial charge in [0.2, 0.25) is 0 Å². The molecule has 2 heteroatoms. The fourth-order valence-corrected chi connectivity index (χ4v) is 1.04. The Morgan fingerprint density at radius 1 is 1.33 bits per heavy atom. The van der Waals surface area contributed by atoms with Crippen LogP contribution in [0.1, 0.15) is 32.5 Å². The summed E-state index contributed by atoms with van der Waals surface area (Å²) in [7, 11) is 0. The Labute approximate surface area is 74.1 Å². The molecule has 0 aliphatic heterocycles. The summed E-state index contributed by atoms with van der Waals surface area (Å²) in [5.41, 5.74) is 0. The van der Waals surface area contributed by atoms with Crippen molar-refractivity contribution >= 4 is 0 Å². The third kappa shape index (κ3) is 2.99. The first-order valence-corrected chi connectivity index (χ1v) is 4.58. The highest BCUT2D eigenvalue weighted by Gasteiger charge is 2.00. The Morgan fingerprint density at radius 2 is 2.00 bits per heavy atom. The molecule has 66 valence electrons. The van der Waals surface area contributed by atoms with Crippen LogP contribution in [0.25, 0.3) is 0 Å². The highest BCUT2D eigenvalue weighted by atomic mass is 14.8. The van der Waals surface area contributed by atoms with Gasteiger partial charge in [0.05, 0.1) is 0 Å². The molecule has 1 atom stereocenters. The second kappa shape index (κ2) is 4.86. The average molecular weight is 164 g/mol. The molecule has 0 spiro atoms. The molecular formula is C10H16N2. The largest absolute Gasteiger partial charge is 0.241 e. The summed E-state index contributed by atoms with van der Waals surface area (Å²) in [5, 5.41) is 0. The highest BCUT2D eigenvalue weighted by molar-refractivity contribution is 4.88. The standard InChI is InChI=1S/C10H16N2/c1-3-9(2)5-6-10-11-7-4-8-12-10/h4,7-9H,3,5-6H2,1-2H3. The van der Waals surface area contributed by atoms with E-state index in [-0.39, 0.29) is 0 Å². The van der Waals surface area contributed by atoms with Gasteiger partial charge in [-0.2, -0.15) is 0 Å². The van der Waals surface area contributed by atoms with Crippen molar-refractivity contribution in [2.24, 2.45) is 5.92 Å². The van der Waals surface area contributed by atoms with Gasteiger partial charge in [-0.05, 0) is 18.4 Å². The zero-order valence-corrected chi connectivity index (χ0v) is 7.83. The molecule has 0 radical (unpaired) electrons. The second-order valence-electron chi connectivity index (χ2n) is 3.22. The van der Waals surface area contributed by atoms with Crippen molar-refractivity contribution in [3.8, 4) is 0 Å². The van der Waals surface area contributed by atoms with Crippen molar-refractivity contribution in [1.29, 1.82) is 0 Å². The van der Waals surface area contributed by atoms with Crippen molar-refractivity contribution in [2.75, 3.05) is 0 Å².